The molecule has 0 unspecified atom stereocenters. The Morgan fingerprint density at radius 1 is 1.23 bits per heavy atom. The van der Waals surface area contributed by atoms with Gasteiger partial charge in [-0.2, -0.15) is 0 Å². The number of carbonyl (C=O) groups is 2. The van der Waals surface area contributed by atoms with Crippen LogP contribution in [0.5, 0.6) is 11.6 Å². The molecule has 2 N–H and O–H groups in total. The van der Waals surface area contributed by atoms with Crippen molar-refractivity contribution in [3.8, 4) is 11.6 Å². The SMILES string of the molecule is O=C(O)COc1ccc(NC(=O)c2cnc(OCC3CC3)c(Cl)c2)cc1. The number of anilines is 1. The Bertz CT molecular complexity index is 806. The molecule has 1 aliphatic carbocycles. The Morgan fingerprint density at radius 3 is 2.58 bits per heavy atom. The molecule has 1 aromatic heterocycles. The van der Waals surface area contributed by atoms with Crippen LogP contribution in [0.4, 0.5) is 5.69 Å². The number of benzene rings is 1. The van der Waals surface area contributed by atoms with E-state index in [2.05, 4.69) is 10.3 Å². The molecule has 8 heteroatoms. The third-order valence-electron chi connectivity index (χ3n) is 3.70. The summed E-state index contributed by atoms with van der Waals surface area (Å²) in [6, 6.07) is 7.86. The topological polar surface area (TPSA) is 97.8 Å². The van der Waals surface area contributed by atoms with E-state index in [1.54, 1.807) is 24.3 Å². The quantitative estimate of drug-likeness (QED) is 0.734. The van der Waals surface area contributed by atoms with Crippen LogP contribution in [0.25, 0.3) is 0 Å². The van der Waals surface area contributed by atoms with Crippen molar-refractivity contribution in [2.75, 3.05) is 18.5 Å². The average molecular weight is 377 g/mol. The standard InChI is InChI=1S/C18H17ClN2O5/c19-15-7-12(8-20-18(15)26-9-11-1-2-11)17(24)21-13-3-5-14(6-4-13)25-10-16(22)23/h3-8,11H,1-2,9-10H2,(H,21,24)(H,22,23). The highest BCUT2D eigenvalue weighted by atomic mass is 35.5. The molecule has 1 heterocycles. The van der Waals surface area contributed by atoms with Gasteiger partial charge in [0.1, 0.15) is 10.8 Å². The molecule has 3 rings (SSSR count). The fourth-order valence-electron chi connectivity index (χ4n) is 2.12. The molecule has 1 aliphatic rings. The van der Waals surface area contributed by atoms with Crippen molar-refractivity contribution in [3.05, 3.63) is 47.1 Å². The fourth-order valence-corrected chi connectivity index (χ4v) is 2.34. The molecule has 0 atom stereocenters. The van der Waals surface area contributed by atoms with Crippen molar-refractivity contribution in [1.82, 2.24) is 4.98 Å². The lowest BCUT2D eigenvalue weighted by molar-refractivity contribution is -0.139. The first kappa shape index (κ1) is 18.0. The summed E-state index contributed by atoms with van der Waals surface area (Å²) in [4.78, 5) is 26.9. The zero-order valence-corrected chi connectivity index (χ0v) is 14.5. The Kier molecular flexibility index (Phi) is 5.58. The number of nitrogens with zero attached hydrogens (tertiary/aromatic N) is 1. The van der Waals surface area contributed by atoms with Gasteiger partial charge >= 0.3 is 5.97 Å². The number of ether oxygens (including phenoxy) is 2. The number of pyridine rings is 1. The van der Waals surface area contributed by atoms with E-state index in [1.807, 2.05) is 0 Å². The molecule has 1 saturated carbocycles. The second-order valence-electron chi connectivity index (χ2n) is 5.93. The number of rotatable bonds is 8. The normalized spacial score (nSPS) is 13.1. The maximum Gasteiger partial charge on any atom is 0.341 e. The number of carboxylic acid groups (broad SMARTS) is 1. The van der Waals surface area contributed by atoms with Crippen LogP contribution in [0.1, 0.15) is 23.2 Å². The number of hydrogen-bond donors (Lipinski definition) is 2. The lowest BCUT2D eigenvalue weighted by Gasteiger charge is -2.09. The van der Waals surface area contributed by atoms with Crippen molar-refractivity contribution in [3.63, 3.8) is 0 Å². The number of aromatic nitrogens is 1. The third-order valence-corrected chi connectivity index (χ3v) is 3.97. The molecule has 0 aliphatic heterocycles. The van der Waals surface area contributed by atoms with Crippen molar-refractivity contribution in [1.29, 1.82) is 0 Å². The molecule has 0 bridgehead atoms. The Balaban J connectivity index is 1.58. The highest BCUT2D eigenvalue weighted by Crippen LogP contribution is 2.31. The van der Waals surface area contributed by atoms with Gasteiger partial charge < -0.3 is 19.9 Å². The summed E-state index contributed by atoms with van der Waals surface area (Å²) in [6.45, 7) is 0.166. The first-order chi connectivity index (χ1) is 12.5. The number of carbonyl (C=O) groups excluding carboxylic acids is 1. The van der Waals surface area contributed by atoms with E-state index in [0.717, 1.165) is 12.8 Å². The third kappa shape index (κ3) is 5.10. The summed E-state index contributed by atoms with van der Waals surface area (Å²) in [5.41, 5.74) is 0.836. The molecule has 7 nitrogen and oxygen atoms in total. The van der Waals surface area contributed by atoms with E-state index in [-0.39, 0.29) is 10.9 Å². The molecule has 26 heavy (non-hydrogen) atoms. The van der Waals surface area contributed by atoms with Gasteiger partial charge in [0, 0.05) is 11.9 Å². The zero-order valence-electron chi connectivity index (χ0n) is 13.8. The van der Waals surface area contributed by atoms with Crippen LogP contribution in [0.15, 0.2) is 36.5 Å². The Hall–Kier alpha value is -2.80. The molecule has 0 spiro atoms. The van der Waals surface area contributed by atoms with Crippen molar-refractivity contribution >= 4 is 29.2 Å². The highest BCUT2D eigenvalue weighted by Gasteiger charge is 2.22. The largest absolute Gasteiger partial charge is 0.482 e. The van der Waals surface area contributed by atoms with Gasteiger partial charge in [-0.25, -0.2) is 9.78 Å². The summed E-state index contributed by atoms with van der Waals surface area (Å²) in [5, 5.41) is 11.6. The zero-order chi connectivity index (χ0) is 18.5. The number of halogens is 1. The predicted molar refractivity (Wildman–Crippen MR) is 95.0 cm³/mol. The number of amides is 1. The summed E-state index contributed by atoms with van der Waals surface area (Å²) >= 11 is 6.13. The number of hydrogen-bond acceptors (Lipinski definition) is 5. The Morgan fingerprint density at radius 2 is 1.96 bits per heavy atom. The molecule has 2 aromatic rings. The predicted octanol–water partition coefficient (Wildman–Crippen LogP) is 3.24. The first-order valence-corrected chi connectivity index (χ1v) is 8.43. The van der Waals surface area contributed by atoms with Gasteiger partial charge in [0.2, 0.25) is 5.88 Å². The molecule has 0 radical (unpaired) electrons. The van der Waals surface area contributed by atoms with Gasteiger partial charge in [0.25, 0.3) is 5.91 Å². The summed E-state index contributed by atoms with van der Waals surface area (Å²) in [5.74, 6) is -0.121. The minimum Gasteiger partial charge on any atom is -0.482 e. The minimum absolute atomic E-state index is 0.288. The number of carboxylic acids is 1. The maximum atomic E-state index is 12.3. The number of aliphatic carboxylic acids is 1. The minimum atomic E-state index is -1.06. The van der Waals surface area contributed by atoms with Gasteiger partial charge in [-0.3, -0.25) is 4.79 Å². The van der Waals surface area contributed by atoms with Crippen molar-refractivity contribution in [2.24, 2.45) is 5.92 Å². The molecular formula is C18H17ClN2O5. The average Bonchev–Trinajstić information content (AvgIpc) is 3.44. The van der Waals surface area contributed by atoms with Crippen LogP contribution < -0.4 is 14.8 Å². The lowest BCUT2D eigenvalue weighted by Crippen LogP contribution is -2.13. The molecule has 0 saturated heterocycles. The second kappa shape index (κ2) is 8.05. The fraction of sp³-hybridized carbons (Fsp3) is 0.278. The monoisotopic (exact) mass is 376 g/mol. The van der Waals surface area contributed by atoms with Gasteiger partial charge in [0.15, 0.2) is 6.61 Å². The van der Waals surface area contributed by atoms with Gasteiger partial charge in [-0.15, -0.1) is 0 Å². The highest BCUT2D eigenvalue weighted by molar-refractivity contribution is 6.32. The smallest absolute Gasteiger partial charge is 0.341 e. The maximum absolute atomic E-state index is 12.3. The first-order valence-electron chi connectivity index (χ1n) is 8.05. The van der Waals surface area contributed by atoms with Crippen LogP contribution >= 0.6 is 11.6 Å². The van der Waals surface area contributed by atoms with Gasteiger partial charge in [-0.1, -0.05) is 11.6 Å². The second-order valence-corrected chi connectivity index (χ2v) is 6.33. The van der Waals surface area contributed by atoms with Crippen LogP contribution in [0.3, 0.4) is 0 Å². The van der Waals surface area contributed by atoms with E-state index < -0.39 is 12.6 Å². The molecule has 136 valence electrons. The molecular weight excluding hydrogens is 360 g/mol. The summed E-state index contributed by atoms with van der Waals surface area (Å²) < 4.78 is 10.6. The van der Waals surface area contributed by atoms with Gasteiger partial charge in [0.05, 0.1) is 12.2 Å². The van der Waals surface area contributed by atoms with Gasteiger partial charge in [-0.05, 0) is 49.1 Å². The molecule has 1 aromatic carbocycles. The molecule has 1 fully saturated rings. The van der Waals surface area contributed by atoms with E-state index in [4.69, 9.17) is 26.2 Å². The van der Waals surface area contributed by atoms with Crippen LogP contribution in [0.2, 0.25) is 5.02 Å². The van der Waals surface area contributed by atoms with Crippen LogP contribution in [0, 0.1) is 5.92 Å². The molecule has 1 amide bonds. The van der Waals surface area contributed by atoms with Crippen molar-refractivity contribution < 1.29 is 24.2 Å². The van der Waals surface area contributed by atoms with E-state index >= 15 is 0 Å². The van der Waals surface area contributed by atoms with Crippen molar-refractivity contribution in [2.45, 2.75) is 12.8 Å². The lowest BCUT2D eigenvalue weighted by atomic mass is 10.2. The van der Waals surface area contributed by atoms with E-state index in [9.17, 15) is 9.59 Å². The Labute approximate surface area is 154 Å². The summed E-state index contributed by atoms with van der Waals surface area (Å²) in [7, 11) is 0. The number of nitrogens with one attached hydrogen (secondary N) is 1. The summed E-state index contributed by atoms with van der Waals surface area (Å²) in [6.07, 6.45) is 3.74. The van der Waals surface area contributed by atoms with E-state index in [0.29, 0.717) is 35.4 Å². The van der Waals surface area contributed by atoms with Crippen LogP contribution in [-0.2, 0) is 4.79 Å². The van der Waals surface area contributed by atoms with Crippen LogP contribution in [-0.4, -0.2) is 35.2 Å². The van der Waals surface area contributed by atoms with E-state index in [1.165, 1.54) is 12.3 Å².